The molecule has 0 unspecified atom stereocenters. The molecule has 0 spiro atoms. The molecule has 9 heteroatoms. The van der Waals surface area contributed by atoms with Crippen LogP contribution < -0.4 is 5.69 Å². The average Bonchev–Trinajstić information content (AvgIpc) is 2.93. The van der Waals surface area contributed by atoms with E-state index in [0.29, 0.717) is 23.1 Å². The summed E-state index contributed by atoms with van der Waals surface area (Å²) in [4.78, 5) is 23.1. The van der Waals surface area contributed by atoms with Crippen LogP contribution in [-0.4, -0.2) is 37.1 Å². The van der Waals surface area contributed by atoms with Crippen LogP contribution in [0.4, 0.5) is 0 Å². The van der Waals surface area contributed by atoms with Crippen LogP contribution in [0.25, 0.3) is 0 Å². The van der Waals surface area contributed by atoms with Gasteiger partial charge in [-0.1, -0.05) is 11.8 Å². The van der Waals surface area contributed by atoms with Gasteiger partial charge in [0.05, 0.1) is 18.5 Å². The highest BCUT2D eigenvalue weighted by atomic mass is 32.2. The van der Waals surface area contributed by atoms with E-state index in [-0.39, 0.29) is 5.69 Å². The van der Waals surface area contributed by atoms with Crippen molar-refractivity contribution in [2.75, 3.05) is 6.61 Å². The van der Waals surface area contributed by atoms with E-state index in [0.717, 1.165) is 5.69 Å². The molecule has 0 aliphatic carbocycles. The first-order chi connectivity index (χ1) is 9.54. The SMILES string of the molecule is CCOC(=O)c1cnn(C)c1CSc1n[nH]c(=O)n1C. The molecule has 0 saturated heterocycles. The highest BCUT2D eigenvalue weighted by Crippen LogP contribution is 2.21. The lowest BCUT2D eigenvalue weighted by Crippen LogP contribution is -2.13. The van der Waals surface area contributed by atoms with Crippen LogP contribution in [-0.2, 0) is 24.6 Å². The summed E-state index contributed by atoms with van der Waals surface area (Å²) in [7, 11) is 3.38. The van der Waals surface area contributed by atoms with E-state index in [4.69, 9.17) is 4.74 Å². The van der Waals surface area contributed by atoms with E-state index >= 15 is 0 Å². The Morgan fingerprint density at radius 3 is 2.85 bits per heavy atom. The smallest absolute Gasteiger partial charge is 0.343 e. The lowest BCUT2D eigenvalue weighted by Gasteiger charge is -2.05. The molecule has 0 aromatic carbocycles. The van der Waals surface area contributed by atoms with Gasteiger partial charge in [0.15, 0.2) is 5.16 Å². The summed E-state index contributed by atoms with van der Waals surface area (Å²) in [5.41, 5.74) is 0.884. The molecule has 0 saturated carbocycles. The summed E-state index contributed by atoms with van der Waals surface area (Å²) >= 11 is 1.34. The van der Waals surface area contributed by atoms with Crippen LogP contribution in [0.3, 0.4) is 0 Å². The number of nitrogens with zero attached hydrogens (tertiary/aromatic N) is 4. The summed E-state index contributed by atoms with van der Waals surface area (Å²) in [6, 6.07) is 0. The standard InChI is InChI=1S/C11H15N5O3S/c1-4-19-9(17)7-5-12-16(3)8(7)6-20-11-14-13-10(18)15(11)2/h5H,4,6H2,1-3H3,(H,13,18). The van der Waals surface area contributed by atoms with Crippen molar-refractivity contribution >= 4 is 17.7 Å². The van der Waals surface area contributed by atoms with Crippen molar-refractivity contribution in [3.05, 3.63) is 27.9 Å². The van der Waals surface area contributed by atoms with Crippen LogP contribution >= 0.6 is 11.8 Å². The fourth-order valence-corrected chi connectivity index (χ4v) is 2.60. The molecule has 108 valence electrons. The Labute approximate surface area is 119 Å². The van der Waals surface area contributed by atoms with Crippen LogP contribution in [0, 0.1) is 0 Å². The maximum atomic E-state index is 11.8. The topological polar surface area (TPSA) is 94.8 Å². The molecule has 2 aromatic rings. The second kappa shape index (κ2) is 5.95. The fraction of sp³-hybridized carbons (Fsp3) is 0.455. The number of ether oxygens (including phenoxy) is 1. The van der Waals surface area contributed by atoms with Gasteiger partial charge in [-0.2, -0.15) is 5.10 Å². The van der Waals surface area contributed by atoms with Gasteiger partial charge in [0.2, 0.25) is 0 Å². The highest BCUT2D eigenvalue weighted by molar-refractivity contribution is 7.98. The molecule has 2 aromatic heterocycles. The number of rotatable bonds is 5. The number of aromatic nitrogens is 5. The number of hydrogen-bond donors (Lipinski definition) is 1. The van der Waals surface area contributed by atoms with Gasteiger partial charge in [0.25, 0.3) is 0 Å². The zero-order valence-electron chi connectivity index (χ0n) is 11.4. The third kappa shape index (κ3) is 2.77. The first-order valence-corrected chi connectivity index (χ1v) is 6.95. The number of nitrogens with one attached hydrogen (secondary N) is 1. The van der Waals surface area contributed by atoms with Crippen molar-refractivity contribution in [3.8, 4) is 0 Å². The van der Waals surface area contributed by atoms with E-state index < -0.39 is 5.97 Å². The largest absolute Gasteiger partial charge is 0.462 e. The average molecular weight is 297 g/mol. The van der Waals surface area contributed by atoms with Gasteiger partial charge < -0.3 is 4.74 Å². The monoisotopic (exact) mass is 297 g/mol. The minimum absolute atomic E-state index is 0.275. The summed E-state index contributed by atoms with van der Waals surface area (Å²) in [6.07, 6.45) is 1.48. The first kappa shape index (κ1) is 14.4. The van der Waals surface area contributed by atoms with Gasteiger partial charge in [-0.05, 0) is 6.92 Å². The second-order valence-electron chi connectivity index (χ2n) is 4.01. The Balaban J connectivity index is 2.17. The Hall–Kier alpha value is -2.03. The van der Waals surface area contributed by atoms with Crippen molar-refractivity contribution in [1.82, 2.24) is 24.5 Å². The lowest BCUT2D eigenvalue weighted by molar-refractivity contribution is 0.0525. The van der Waals surface area contributed by atoms with Crippen LogP contribution in [0.15, 0.2) is 16.1 Å². The van der Waals surface area contributed by atoms with Gasteiger partial charge in [-0.25, -0.2) is 14.7 Å². The second-order valence-corrected chi connectivity index (χ2v) is 4.95. The molecule has 2 heterocycles. The Morgan fingerprint density at radius 2 is 2.25 bits per heavy atom. The predicted molar refractivity (Wildman–Crippen MR) is 72.6 cm³/mol. The van der Waals surface area contributed by atoms with Gasteiger partial charge in [-0.15, -0.1) is 5.10 Å². The van der Waals surface area contributed by atoms with E-state index in [9.17, 15) is 9.59 Å². The van der Waals surface area contributed by atoms with Crippen molar-refractivity contribution < 1.29 is 9.53 Å². The predicted octanol–water partition coefficient (Wildman–Crippen LogP) is 0.311. The fourth-order valence-electron chi connectivity index (χ4n) is 1.61. The molecule has 0 radical (unpaired) electrons. The van der Waals surface area contributed by atoms with Crippen LogP contribution in [0.1, 0.15) is 23.0 Å². The lowest BCUT2D eigenvalue weighted by atomic mass is 10.3. The van der Waals surface area contributed by atoms with Crippen LogP contribution in [0.5, 0.6) is 0 Å². The molecule has 8 nitrogen and oxygen atoms in total. The zero-order chi connectivity index (χ0) is 14.7. The molecular weight excluding hydrogens is 282 g/mol. The number of carbonyl (C=O) groups is 1. The van der Waals surface area contributed by atoms with Crippen molar-refractivity contribution in [3.63, 3.8) is 0 Å². The molecule has 1 N–H and O–H groups in total. The zero-order valence-corrected chi connectivity index (χ0v) is 12.2. The number of aromatic amines is 1. The number of esters is 1. The molecule has 0 bridgehead atoms. The molecule has 0 amide bonds. The number of thioether (sulfide) groups is 1. The van der Waals surface area contributed by atoms with Crippen molar-refractivity contribution in [2.24, 2.45) is 14.1 Å². The van der Waals surface area contributed by atoms with Gasteiger partial charge in [-0.3, -0.25) is 9.25 Å². The van der Waals surface area contributed by atoms with Crippen molar-refractivity contribution in [1.29, 1.82) is 0 Å². The summed E-state index contributed by atoms with van der Waals surface area (Å²) in [5.74, 6) is 0.0649. The molecular formula is C11H15N5O3S. The summed E-state index contributed by atoms with van der Waals surface area (Å²) in [6.45, 7) is 2.07. The minimum Gasteiger partial charge on any atom is -0.462 e. The van der Waals surface area contributed by atoms with E-state index in [2.05, 4.69) is 15.3 Å². The number of carbonyl (C=O) groups excluding carboxylic acids is 1. The maximum absolute atomic E-state index is 11.8. The maximum Gasteiger partial charge on any atom is 0.343 e. The number of hydrogen-bond acceptors (Lipinski definition) is 6. The summed E-state index contributed by atoms with van der Waals surface area (Å²) in [5, 5.41) is 10.9. The molecule has 2 rings (SSSR count). The summed E-state index contributed by atoms with van der Waals surface area (Å²) < 4.78 is 8.01. The van der Waals surface area contributed by atoms with Gasteiger partial charge in [0, 0.05) is 19.8 Å². The van der Waals surface area contributed by atoms with E-state index in [1.807, 2.05) is 0 Å². The normalized spacial score (nSPS) is 10.8. The number of H-pyrrole nitrogens is 1. The van der Waals surface area contributed by atoms with Crippen LogP contribution in [0.2, 0.25) is 0 Å². The van der Waals surface area contributed by atoms with Gasteiger partial charge >= 0.3 is 11.7 Å². The minimum atomic E-state index is -0.396. The molecule has 0 aliphatic rings. The Kier molecular flexibility index (Phi) is 4.28. The quantitative estimate of drug-likeness (QED) is 0.630. The Bertz CT molecular complexity index is 672. The molecule has 0 fully saturated rings. The number of aryl methyl sites for hydroxylation is 1. The first-order valence-electron chi connectivity index (χ1n) is 5.96. The third-order valence-corrected chi connectivity index (χ3v) is 3.77. The van der Waals surface area contributed by atoms with Crippen molar-refractivity contribution in [2.45, 2.75) is 17.8 Å². The molecule has 20 heavy (non-hydrogen) atoms. The molecule has 0 atom stereocenters. The highest BCUT2D eigenvalue weighted by Gasteiger charge is 2.18. The third-order valence-electron chi connectivity index (χ3n) is 2.73. The van der Waals surface area contributed by atoms with E-state index in [1.54, 1.807) is 25.7 Å². The van der Waals surface area contributed by atoms with E-state index in [1.165, 1.54) is 22.5 Å². The molecule has 0 aliphatic heterocycles. The van der Waals surface area contributed by atoms with Gasteiger partial charge in [0.1, 0.15) is 5.56 Å². The Morgan fingerprint density at radius 1 is 1.50 bits per heavy atom.